The van der Waals surface area contributed by atoms with E-state index in [1.54, 1.807) is 11.0 Å². The molecule has 1 unspecified atom stereocenters. The topological polar surface area (TPSA) is 46.6 Å². The molecule has 2 aromatic rings. The van der Waals surface area contributed by atoms with Gasteiger partial charge in [-0.2, -0.15) is 0 Å². The number of carbonyl (C=O) groups is 2. The third-order valence-corrected chi connectivity index (χ3v) is 5.34. The fraction of sp³-hybridized carbons (Fsp3) is 0.238. The molecule has 132 valence electrons. The van der Waals surface area contributed by atoms with Crippen LogP contribution in [0.5, 0.6) is 0 Å². The Labute approximate surface area is 157 Å². The van der Waals surface area contributed by atoms with Crippen LogP contribution in [-0.2, 0) is 20.7 Å². The van der Waals surface area contributed by atoms with Crippen molar-refractivity contribution in [2.24, 2.45) is 0 Å². The molecular formula is C21H18ClNO3. The van der Waals surface area contributed by atoms with Gasteiger partial charge < -0.3 is 4.74 Å². The highest BCUT2D eigenvalue weighted by atomic mass is 35.5. The molecule has 0 saturated heterocycles. The number of amides is 1. The molecule has 1 amide bonds. The second-order valence-electron chi connectivity index (χ2n) is 6.46. The maximum atomic E-state index is 13.0. The highest BCUT2D eigenvalue weighted by molar-refractivity contribution is 6.31. The predicted molar refractivity (Wildman–Crippen MR) is 100 cm³/mol. The second kappa shape index (κ2) is 6.61. The first-order valence-corrected chi connectivity index (χ1v) is 9.04. The Hall–Kier alpha value is -2.59. The average Bonchev–Trinajstić information content (AvgIpc) is 3.03. The van der Waals surface area contributed by atoms with E-state index >= 15 is 0 Å². The Balaban J connectivity index is 1.81. The number of cyclic esters (lactones) is 1. The summed E-state index contributed by atoms with van der Waals surface area (Å²) in [4.78, 5) is 27.0. The Bertz CT molecular complexity index is 917. The van der Waals surface area contributed by atoms with Crippen molar-refractivity contribution in [1.82, 2.24) is 0 Å². The third kappa shape index (κ3) is 2.71. The molecule has 2 aliphatic heterocycles. The van der Waals surface area contributed by atoms with E-state index in [0.29, 0.717) is 16.3 Å². The maximum absolute atomic E-state index is 13.0. The van der Waals surface area contributed by atoms with Gasteiger partial charge in [-0.1, -0.05) is 48.9 Å². The van der Waals surface area contributed by atoms with Gasteiger partial charge in [0.25, 0.3) is 0 Å². The minimum absolute atomic E-state index is 0.0591. The summed E-state index contributed by atoms with van der Waals surface area (Å²) in [6.07, 6.45) is 1.12. The van der Waals surface area contributed by atoms with Crippen molar-refractivity contribution in [3.05, 3.63) is 76.0 Å². The molecule has 26 heavy (non-hydrogen) atoms. The lowest BCUT2D eigenvalue weighted by atomic mass is 9.84. The van der Waals surface area contributed by atoms with Gasteiger partial charge in [0, 0.05) is 23.0 Å². The minimum atomic E-state index is -0.368. The van der Waals surface area contributed by atoms with Crippen molar-refractivity contribution in [1.29, 1.82) is 0 Å². The summed E-state index contributed by atoms with van der Waals surface area (Å²) < 4.78 is 5.29. The molecule has 5 heteroatoms. The van der Waals surface area contributed by atoms with Crippen LogP contribution in [0.3, 0.4) is 0 Å². The van der Waals surface area contributed by atoms with E-state index in [1.165, 1.54) is 5.56 Å². The van der Waals surface area contributed by atoms with Crippen LogP contribution >= 0.6 is 11.6 Å². The largest absolute Gasteiger partial charge is 0.456 e. The van der Waals surface area contributed by atoms with Gasteiger partial charge in [-0.3, -0.25) is 9.69 Å². The zero-order valence-corrected chi connectivity index (χ0v) is 15.1. The summed E-state index contributed by atoms with van der Waals surface area (Å²) in [6, 6.07) is 15.2. The first kappa shape index (κ1) is 16.9. The first-order chi connectivity index (χ1) is 12.6. The Kier molecular flexibility index (Phi) is 4.29. The van der Waals surface area contributed by atoms with E-state index in [0.717, 1.165) is 17.7 Å². The Morgan fingerprint density at radius 2 is 1.85 bits per heavy atom. The average molecular weight is 368 g/mol. The third-order valence-electron chi connectivity index (χ3n) is 5.00. The number of carbonyl (C=O) groups excluding carboxylic acids is 2. The quantitative estimate of drug-likeness (QED) is 0.762. The molecule has 0 fully saturated rings. The Morgan fingerprint density at radius 1 is 1.12 bits per heavy atom. The molecule has 0 bridgehead atoms. The van der Waals surface area contributed by atoms with Crippen LogP contribution in [0.1, 0.15) is 30.4 Å². The summed E-state index contributed by atoms with van der Waals surface area (Å²) >= 11 is 6.33. The van der Waals surface area contributed by atoms with Crippen LogP contribution in [-0.4, -0.2) is 18.5 Å². The lowest BCUT2D eigenvalue weighted by molar-refractivity contribution is -0.136. The number of hydrogen-bond acceptors (Lipinski definition) is 3. The van der Waals surface area contributed by atoms with Crippen molar-refractivity contribution in [3.8, 4) is 0 Å². The van der Waals surface area contributed by atoms with E-state index < -0.39 is 0 Å². The number of halogens is 1. The van der Waals surface area contributed by atoms with Gasteiger partial charge in [0.05, 0.1) is 11.3 Å². The number of aryl methyl sites for hydroxylation is 1. The van der Waals surface area contributed by atoms with Gasteiger partial charge >= 0.3 is 5.97 Å². The standard InChI is InChI=1S/C21H18ClNO3/c1-2-13-7-9-14(10-8-13)23-18-12-26-21(25)20(18)16(11-19(23)24)15-5-3-4-6-17(15)22/h3-10,16H,2,11-12H2,1H3. The van der Waals surface area contributed by atoms with Crippen LogP contribution in [0.4, 0.5) is 5.69 Å². The lowest BCUT2D eigenvalue weighted by Gasteiger charge is -2.32. The highest BCUT2D eigenvalue weighted by Crippen LogP contribution is 2.43. The van der Waals surface area contributed by atoms with Crippen LogP contribution in [0.2, 0.25) is 5.02 Å². The van der Waals surface area contributed by atoms with Crippen molar-refractivity contribution < 1.29 is 14.3 Å². The molecule has 2 aliphatic rings. The van der Waals surface area contributed by atoms with Crippen molar-refractivity contribution in [3.63, 3.8) is 0 Å². The summed E-state index contributed by atoms with van der Waals surface area (Å²) in [5.74, 6) is -0.795. The molecule has 2 heterocycles. The summed E-state index contributed by atoms with van der Waals surface area (Å²) in [5.41, 5.74) is 3.91. The van der Waals surface area contributed by atoms with Crippen LogP contribution in [0, 0.1) is 0 Å². The number of benzene rings is 2. The van der Waals surface area contributed by atoms with E-state index in [9.17, 15) is 9.59 Å². The van der Waals surface area contributed by atoms with Gasteiger partial charge in [0.2, 0.25) is 5.91 Å². The van der Waals surface area contributed by atoms with Crippen LogP contribution < -0.4 is 4.90 Å². The van der Waals surface area contributed by atoms with Crippen molar-refractivity contribution in [2.45, 2.75) is 25.7 Å². The number of esters is 1. The molecule has 2 aromatic carbocycles. The summed E-state index contributed by atoms with van der Waals surface area (Å²) in [7, 11) is 0. The molecule has 0 saturated carbocycles. The summed E-state index contributed by atoms with van der Waals surface area (Å²) in [5, 5.41) is 0.553. The van der Waals surface area contributed by atoms with Gasteiger partial charge in [0.1, 0.15) is 6.61 Å². The number of anilines is 1. The van der Waals surface area contributed by atoms with E-state index in [2.05, 4.69) is 6.92 Å². The highest BCUT2D eigenvalue weighted by Gasteiger charge is 2.43. The minimum Gasteiger partial charge on any atom is -0.456 e. The fourth-order valence-electron chi connectivity index (χ4n) is 3.66. The normalized spacial score (nSPS) is 19.6. The molecule has 0 aromatic heterocycles. The number of hydrogen-bond donors (Lipinski definition) is 0. The zero-order chi connectivity index (χ0) is 18.3. The zero-order valence-electron chi connectivity index (χ0n) is 14.4. The number of nitrogens with zero attached hydrogens (tertiary/aromatic N) is 1. The number of ether oxygens (including phenoxy) is 1. The van der Waals surface area contributed by atoms with Gasteiger partial charge in [0.15, 0.2) is 0 Å². The van der Waals surface area contributed by atoms with Gasteiger partial charge in [-0.05, 0) is 35.7 Å². The molecular weight excluding hydrogens is 350 g/mol. The van der Waals surface area contributed by atoms with Crippen LogP contribution in [0.25, 0.3) is 0 Å². The fourth-order valence-corrected chi connectivity index (χ4v) is 3.93. The van der Waals surface area contributed by atoms with Gasteiger partial charge in [-0.25, -0.2) is 4.79 Å². The molecule has 0 radical (unpaired) electrons. The molecule has 4 nitrogen and oxygen atoms in total. The van der Waals surface area contributed by atoms with E-state index in [1.807, 2.05) is 42.5 Å². The molecule has 0 N–H and O–H groups in total. The van der Waals surface area contributed by atoms with E-state index in [4.69, 9.17) is 16.3 Å². The molecule has 0 aliphatic carbocycles. The van der Waals surface area contributed by atoms with Crippen molar-refractivity contribution >= 4 is 29.2 Å². The summed E-state index contributed by atoms with van der Waals surface area (Å²) in [6.45, 7) is 2.19. The predicted octanol–water partition coefficient (Wildman–Crippen LogP) is 4.23. The molecule has 0 spiro atoms. The number of rotatable bonds is 3. The van der Waals surface area contributed by atoms with E-state index in [-0.39, 0.29) is 30.8 Å². The smallest absolute Gasteiger partial charge is 0.336 e. The lowest BCUT2D eigenvalue weighted by Crippen LogP contribution is -2.37. The molecule has 1 atom stereocenters. The monoisotopic (exact) mass is 367 g/mol. The maximum Gasteiger partial charge on any atom is 0.336 e. The van der Waals surface area contributed by atoms with Crippen LogP contribution in [0.15, 0.2) is 59.8 Å². The van der Waals surface area contributed by atoms with Crippen molar-refractivity contribution in [2.75, 3.05) is 11.5 Å². The second-order valence-corrected chi connectivity index (χ2v) is 6.87. The first-order valence-electron chi connectivity index (χ1n) is 8.66. The van der Waals surface area contributed by atoms with Gasteiger partial charge in [-0.15, -0.1) is 0 Å². The molecule has 4 rings (SSSR count). The SMILES string of the molecule is CCc1ccc(N2C(=O)CC(c3ccccc3Cl)C3=C2COC3=O)cc1. The Morgan fingerprint density at radius 3 is 2.54 bits per heavy atom.